The third-order valence-electron chi connectivity index (χ3n) is 3.75. The number of aryl methyl sites for hydroxylation is 1. The fraction of sp³-hybridized carbons (Fsp3) is 0.625. The van der Waals surface area contributed by atoms with Crippen LogP contribution in [0.1, 0.15) is 30.5 Å². The standard InChI is InChI=1S/C16H26N8S/c1-4-13-20-14(17-7-8-24(2)3)22-15(21-13)23-16-19-10-12(25-16)9-18-11-5-6-11/h10-11,18H,4-9H2,1-3H3,(H2,17,19,20,21,22,23). The third kappa shape index (κ3) is 5.87. The number of rotatable bonds is 10. The predicted octanol–water partition coefficient (Wildman–Crippen LogP) is 1.86. The van der Waals surface area contributed by atoms with Crippen molar-refractivity contribution in [2.24, 2.45) is 0 Å². The molecule has 0 amide bonds. The highest BCUT2D eigenvalue weighted by molar-refractivity contribution is 7.15. The van der Waals surface area contributed by atoms with Crippen LogP contribution in [0.5, 0.6) is 0 Å². The van der Waals surface area contributed by atoms with Crippen LogP contribution in [0.3, 0.4) is 0 Å². The molecule has 1 fully saturated rings. The van der Waals surface area contributed by atoms with Gasteiger partial charge >= 0.3 is 0 Å². The third-order valence-corrected chi connectivity index (χ3v) is 4.67. The minimum atomic E-state index is 0.537. The minimum Gasteiger partial charge on any atom is -0.353 e. The van der Waals surface area contributed by atoms with Crippen LogP contribution in [0, 0.1) is 0 Å². The zero-order valence-electron chi connectivity index (χ0n) is 15.0. The molecule has 136 valence electrons. The number of hydrogen-bond donors (Lipinski definition) is 3. The van der Waals surface area contributed by atoms with Crippen LogP contribution in [0.2, 0.25) is 0 Å². The Morgan fingerprint density at radius 1 is 1.20 bits per heavy atom. The van der Waals surface area contributed by atoms with Crippen LogP contribution in [0.15, 0.2) is 6.20 Å². The summed E-state index contributed by atoms with van der Waals surface area (Å²) in [6, 6.07) is 0.699. The normalized spacial score (nSPS) is 14.1. The van der Waals surface area contributed by atoms with E-state index in [1.807, 2.05) is 27.2 Å². The van der Waals surface area contributed by atoms with Gasteiger partial charge in [-0.25, -0.2) is 4.98 Å². The van der Waals surface area contributed by atoms with Crippen LogP contribution < -0.4 is 16.0 Å². The van der Waals surface area contributed by atoms with Gasteiger partial charge in [-0.05, 0) is 26.9 Å². The van der Waals surface area contributed by atoms with E-state index in [2.05, 4.69) is 40.8 Å². The molecule has 1 aliphatic rings. The summed E-state index contributed by atoms with van der Waals surface area (Å²) in [7, 11) is 4.08. The number of hydrogen-bond acceptors (Lipinski definition) is 9. The minimum absolute atomic E-state index is 0.537. The van der Waals surface area contributed by atoms with Gasteiger partial charge in [0.25, 0.3) is 0 Å². The van der Waals surface area contributed by atoms with E-state index in [0.717, 1.165) is 37.0 Å². The van der Waals surface area contributed by atoms with Crippen molar-refractivity contribution in [3.05, 3.63) is 16.9 Å². The lowest BCUT2D eigenvalue weighted by molar-refractivity contribution is 0.425. The maximum absolute atomic E-state index is 4.46. The van der Waals surface area contributed by atoms with E-state index in [0.29, 0.717) is 17.9 Å². The molecule has 9 heteroatoms. The monoisotopic (exact) mass is 362 g/mol. The molecule has 2 aromatic heterocycles. The first-order valence-corrected chi connectivity index (χ1v) is 9.52. The molecule has 0 spiro atoms. The first-order chi connectivity index (χ1) is 12.1. The summed E-state index contributed by atoms with van der Waals surface area (Å²) in [6.45, 7) is 4.61. The van der Waals surface area contributed by atoms with Crippen molar-refractivity contribution in [3.8, 4) is 0 Å². The first-order valence-electron chi connectivity index (χ1n) is 8.71. The van der Waals surface area contributed by atoms with Gasteiger partial charge in [-0.15, -0.1) is 11.3 Å². The van der Waals surface area contributed by atoms with Crippen LogP contribution in [0.4, 0.5) is 17.0 Å². The molecule has 2 heterocycles. The smallest absolute Gasteiger partial charge is 0.234 e. The Morgan fingerprint density at radius 2 is 2.00 bits per heavy atom. The van der Waals surface area contributed by atoms with Crippen LogP contribution in [-0.2, 0) is 13.0 Å². The molecule has 0 radical (unpaired) electrons. The van der Waals surface area contributed by atoms with E-state index < -0.39 is 0 Å². The Bertz CT molecular complexity index is 683. The second-order valence-electron chi connectivity index (χ2n) is 6.39. The molecular formula is C16H26N8S. The Kier molecular flexibility index (Phi) is 6.11. The van der Waals surface area contributed by atoms with Crippen molar-refractivity contribution >= 4 is 28.4 Å². The van der Waals surface area contributed by atoms with Crippen LogP contribution in [0.25, 0.3) is 0 Å². The van der Waals surface area contributed by atoms with E-state index in [-0.39, 0.29) is 0 Å². The molecule has 3 N–H and O–H groups in total. The highest BCUT2D eigenvalue weighted by atomic mass is 32.1. The lowest BCUT2D eigenvalue weighted by atomic mass is 10.4. The number of nitrogens with zero attached hydrogens (tertiary/aromatic N) is 5. The zero-order chi connectivity index (χ0) is 17.6. The highest BCUT2D eigenvalue weighted by Gasteiger charge is 2.20. The lowest BCUT2D eigenvalue weighted by Gasteiger charge is -2.11. The molecule has 25 heavy (non-hydrogen) atoms. The summed E-state index contributed by atoms with van der Waals surface area (Å²) in [6.07, 6.45) is 5.24. The van der Waals surface area contributed by atoms with E-state index in [4.69, 9.17) is 0 Å². The largest absolute Gasteiger partial charge is 0.353 e. The maximum Gasteiger partial charge on any atom is 0.234 e. The fourth-order valence-electron chi connectivity index (χ4n) is 2.18. The molecule has 0 unspecified atom stereocenters. The van der Waals surface area contributed by atoms with Crippen molar-refractivity contribution < 1.29 is 0 Å². The van der Waals surface area contributed by atoms with Gasteiger partial charge in [-0.2, -0.15) is 15.0 Å². The molecule has 0 bridgehead atoms. The molecule has 0 aromatic carbocycles. The molecular weight excluding hydrogens is 336 g/mol. The van der Waals surface area contributed by atoms with Gasteiger partial charge < -0.3 is 15.5 Å². The van der Waals surface area contributed by atoms with Crippen molar-refractivity contribution in [3.63, 3.8) is 0 Å². The van der Waals surface area contributed by atoms with Crippen molar-refractivity contribution in [2.75, 3.05) is 37.8 Å². The average Bonchev–Trinajstić information content (AvgIpc) is 3.31. The summed E-state index contributed by atoms with van der Waals surface area (Å²) in [5.74, 6) is 1.90. The van der Waals surface area contributed by atoms with Gasteiger partial charge in [0.1, 0.15) is 5.82 Å². The number of anilines is 3. The van der Waals surface area contributed by atoms with Gasteiger partial charge in [0.15, 0.2) is 5.13 Å². The Morgan fingerprint density at radius 3 is 2.72 bits per heavy atom. The second kappa shape index (κ2) is 8.50. The second-order valence-corrected chi connectivity index (χ2v) is 7.51. The van der Waals surface area contributed by atoms with E-state index in [1.165, 1.54) is 17.7 Å². The quantitative estimate of drug-likeness (QED) is 0.590. The number of likely N-dealkylation sites (N-methyl/N-ethyl adjacent to an activating group) is 1. The number of thiazole rings is 1. The van der Waals surface area contributed by atoms with Crippen molar-refractivity contribution in [2.45, 2.75) is 38.8 Å². The van der Waals surface area contributed by atoms with Gasteiger partial charge in [0.2, 0.25) is 11.9 Å². The van der Waals surface area contributed by atoms with E-state index in [1.54, 1.807) is 11.3 Å². The zero-order valence-corrected chi connectivity index (χ0v) is 15.9. The van der Waals surface area contributed by atoms with Crippen molar-refractivity contribution in [1.82, 2.24) is 30.2 Å². The van der Waals surface area contributed by atoms with E-state index >= 15 is 0 Å². The fourth-order valence-corrected chi connectivity index (χ4v) is 2.94. The van der Waals surface area contributed by atoms with Gasteiger partial charge in [-0.3, -0.25) is 5.32 Å². The Labute approximate surface area is 152 Å². The first kappa shape index (κ1) is 18.0. The summed E-state index contributed by atoms with van der Waals surface area (Å²) >= 11 is 1.63. The van der Waals surface area contributed by atoms with Gasteiger partial charge in [-0.1, -0.05) is 6.92 Å². The molecule has 1 saturated carbocycles. The van der Waals surface area contributed by atoms with E-state index in [9.17, 15) is 0 Å². The lowest BCUT2D eigenvalue weighted by Crippen LogP contribution is -2.22. The molecule has 3 rings (SSSR count). The van der Waals surface area contributed by atoms with Crippen LogP contribution in [-0.4, -0.2) is 58.1 Å². The topological polar surface area (TPSA) is 90.9 Å². The predicted molar refractivity (Wildman–Crippen MR) is 102 cm³/mol. The summed E-state index contributed by atoms with van der Waals surface area (Å²) in [5, 5.41) is 10.8. The molecule has 8 nitrogen and oxygen atoms in total. The highest BCUT2D eigenvalue weighted by Crippen LogP contribution is 2.23. The van der Waals surface area contributed by atoms with Gasteiger partial charge in [0.05, 0.1) is 0 Å². The van der Waals surface area contributed by atoms with Crippen molar-refractivity contribution in [1.29, 1.82) is 0 Å². The molecule has 0 aliphatic heterocycles. The summed E-state index contributed by atoms with van der Waals surface area (Å²) in [4.78, 5) is 21.1. The van der Waals surface area contributed by atoms with Gasteiger partial charge in [0, 0.05) is 43.2 Å². The number of nitrogens with one attached hydrogen (secondary N) is 3. The molecule has 1 aliphatic carbocycles. The Balaban J connectivity index is 1.61. The SMILES string of the molecule is CCc1nc(NCCN(C)C)nc(Nc2ncc(CNC3CC3)s2)n1. The maximum atomic E-state index is 4.46. The summed E-state index contributed by atoms with van der Waals surface area (Å²) < 4.78 is 0. The summed E-state index contributed by atoms with van der Waals surface area (Å²) in [5.41, 5.74) is 0. The Hall–Kier alpha value is -1.84. The van der Waals surface area contributed by atoms with Crippen LogP contribution >= 0.6 is 11.3 Å². The average molecular weight is 363 g/mol. The molecule has 0 atom stereocenters. The molecule has 2 aromatic rings. The molecule has 0 saturated heterocycles. The number of aromatic nitrogens is 4.